The van der Waals surface area contributed by atoms with Crippen LogP contribution in [0.4, 0.5) is 0 Å². The van der Waals surface area contributed by atoms with Crippen molar-refractivity contribution in [1.29, 1.82) is 0 Å². The van der Waals surface area contributed by atoms with Gasteiger partial charge in [0, 0.05) is 16.0 Å². The Hall–Kier alpha value is -1.32. The van der Waals surface area contributed by atoms with Gasteiger partial charge in [-0.05, 0) is 42.2 Å². The van der Waals surface area contributed by atoms with Crippen molar-refractivity contribution in [2.45, 2.75) is 19.3 Å². The Kier molecular flexibility index (Phi) is 6.27. The van der Waals surface area contributed by atoms with Crippen LogP contribution >= 0.6 is 27.5 Å². The number of benzene rings is 2. The third-order valence-corrected chi connectivity index (χ3v) is 4.02. The Morgan fingerprint density at radius 3 is 2.71 bits per heavy atom. The Morgan fingerprint density at radius 2 is 1.95 bits per heavy atom. The molecule has 1 amide bonds. The topological polar surface area (TPSA) is 29.1 Å². The highest BCUT2D eigenvalue weighted by atomic mass is 79.9. The predicted molar refractivity (Wildman–Crippen MR) is 90.6 cm³/mol. The molecule has 2 aromatic rings. The molecule has 2 nitrogen and oxygen atoms in total. The SMILES string of the molecule is O=C(Cc1cccc(Br)c1)NCCCc1ccccc1Cl. The van der Waals surface area contributed by atoms with Crippen LogP contribution in [0.2, 0.25) is 5.02 Å². The molecule has 0 fully saturated rings. The highest BCUT2D eigenvalue weighted by molar-refractivity contribution is 9.10. The van der Waals surface area contributed by atoms with E-state index in [1.54, 1.807) is 0 Å². The van der Waals surface area contributed by atoms with Crippen molar-refractivity contribution in [3.05, 3.63) is 69.2 Å². The molecule has 21 heavy (non-hydrogen) atoms. The molecule has 2 rings (SSSR count). The van der Waals surface area contributed by atoms with Crippen LogP contribution < -0.4 is 5.32 Å². The number of hydrogen-bond donors (Lipinski definition) is 1. The van der Waals surface area contributed by atoms with Gasteiger partial charge >= 0.3 is 0 Å². The summed E-state index contributed by atoms with van der Waals surface area (Å²) in [6.45, 7) is 0.665. The molecule has 0 spiro atoms. The molecule has 2 aromatic carbocycles. The molecule has 4 heteroatoms. The van der Waals surface area contributed by atoms with Crippen LogP contribution in [0.25, 0.3) is 0 Å². The summed E-state index contributed by atoms with van der Waals surface area (Å²) in [5.74, 6) is 0.0484. The Balaban J connectivity index is 1.71. The van der Waals surface area contributed by atoms with Gasteiger partial charge in [-0.2, -0.15) is 0 Å². The molecular formula is C17H17BrClNO. The number of amides is 1. The van der Waals surface area contributed by atoms with E-state index in [0.717, 1.165) is 33.5 Å². The first-order valence-electron chi connectivity index (χ1n) is 6.90. The fourth-order valence-corrected chi connectivity index (χ4v) is 2.78. The van der Waals surface area contributed by atoms with Crippen LogP contribution in [-0.2, 0) is 17.6 Å². The molecule has 0 bridgehead atoms. The van der Waals surface area contributed by atoms with E-state index in [-0.39, 0.29) is 5.91 Å². The van der Waals surface area contributed by atoms with Gasteiger partial charge < -0.3 is 5.32 Å². The molecule has 0 aromatic heterocycles. The molecule has 0 saturated heterocycles. The highest BCUT2D eigenvalue weighted by Gasteiger charge is 2.04. The Morgan fingerprint density at radius 1 is 1.14 bits per heavy atom. The summed E-state index contributed by atoms with van der Waals surface area (Å²) < 4.78 is 0.992. The second kappa shape index (κ2) is 8.20. The van der Waals surface area contributed by atoms with Gasteiger partial charge in [0.1, 0.15) is 0 Å². The van der Waals surface area contributed by atoms with E-state index >= 15 is 0 Å². The molecular weight excluding hydrogens is 350 g/mol. The van der Waals surface area contributed by atoms with Gasteiger partial charge in [-0.3, -0.25) is 4.79 Å². The summed E-state index contributed by atoms with van der Waals surface area (Å²) in [7, 11) is 0. The first kappa shape index (κ1) is 16.1. The molecule has 0 saturated carbocycles. The van der Waals surface area contributed by atoms with Gasteiger partial charge in [0.2, 0.25) is 5.91 Å². The molecule has 0 aliphatic rings. The van der Waals surface area contributed by atoms with Crippen LogP contribution in [-0.4, -0.2) is 12.5 Å². The third-order valence-electron chi connectivity index (χ3n) is 3.16. The highest BCUT2D eigenvalue weighted by Crippen LogP contribution is 2.16. The lowest BCUT2D eigenvalue weighted by molar-refractivity contribution is -0.120. The van der Waals surface area contributed by atoms with E-state index in [1.165, 1.54) is 0 Å². The van der Waals surface area contributed by atoms with Gasteiger partial charge in [0.25, 0.3) is 0 Å². The fraction of sp³-hybridized carbons (Fsp3) is 0.235. The Labute approximate surface area is 138 Å². The number of hydrogen-bond acceptors (Lipinski definition) is 1. The molecule has 110 valence electrons. The van der Waals surface area contributed by atoms with E-state index < -0.39 is 0 Å². The van der Waals surface area contributed by atoms with Crippen LogP contribution in [0.3, 0.4) is 0 Å². The van der Waals surface area contributed by atoms with E-state index in [9.17, 15) is 4.79 Å². The zero-order valence-electron chi connectivity index (χ0n) is 11.6. The summed E-state index contributed by atoms with van der Waals surface area (Å²) >= 11 is 9.50. The second-order valence-corrected chi connectivity index (χ2v) is 6.17. The van der Waals surface area contributed by atoms with Crippen molar-refractivity contribution in [1.82, 2.24) is 5.32 Å². The maximum absolute atomic E-state index is 11.8. The van der Waals surface area contributed by atoms with Crippen molar-refractivity contribution >= 4 is 33.4 Å². The molecule has 0 aliphatic heterocycles. The zero-order chi connectivity index (χ0) is 15.1. The number of rotatable bonds is 6. The molecule has 0 heterocycles. The van der Waals surface area contributed by atoms with Crippen LogP contribution in [0.15, 0.2) is 53.0 Å². The first-order valence-corrected chi connectivity index (χ1v) is 8.07. The second-order valence-electron chi connectivity index (χ2n) is 4.85. The van der Waals surface area contributed by atoms with Gasteiger partial charge in [0.15, 0.2) is 0 Å². The number of halogens is 2. The largest absolute Gasteiger partial charge is 0.356 e. The van der Waals surface area contributed by atoms with Crippen molar-refractivity contribution in [3.63, 3.8) is 0 Å². The maximum atomic E-state index is 11.8. The monoisotopic (exact) mass is 365 g/mol. The van der Waals surface area contributed by atoms with Crippen LogP contribution in [0.1, 0.15) is 17.5 Å². The smallest absolute Gasteiger partial charge is 0.224 e. The average molecular weight is 367 g/mol. The Bertz CT molecular complexity index is 615. The van der Waals surface area contributed by atoms with E-state index in [2.05, 4.69) is 21.2 Å². The van der Waals surface area contributed by atoms with Gasteiger partial charge in [-0.15, -0.1) is 0 Å². The summed E-state index contributed by atoms with van der Waals surface area (Å²) in [5.41, 5.74) is 2.13. The lowest BCUT2D eigenvalue weighted by atomic mass is 10.1. The molecule has 0 radical (unpaired) electrons. The number of nitrogens with one attached hydrogen (secondary N) is 1. The van der Waals surface area contributed by atoms with Gasteiger partial charge in [-0.25, -0.2) is 0 Å². The summed E-state index contributed by atoms with van der Waals surface area (Å²) in [5, 5.41) is 3.73. The van der Waals surface area contributed by atoms with Crippen LogP contribution in [0.5, 0.6) is 0 Å². The van der Waals surface area contributed by atoms with Gasteiger partial charge in [0.05, 0.1) is 6.42 Å². The minimum absolute atomic E-state index is 0.0484. The predicted octanol–water partition coefficient (Wildman–Crippen LogP) is 4.39. The zero-order valence-corrected chi connectivity index (χ0v) is 14.0. The standard InChI is InChI=1S/C17H17BrClNO/c18-15-8-3-5-13(11-15)12-17(21)20-10-4-7-14-6-1-2-9-16(14)19/h1-3,5-6,8-9,11H,4,7,10,12H2,(H,20,21). The third kappa shape index (κ3) is 5.52. The quantitative estimate of drug-likeness (QED) is 0.755. The van der Waals surface area contributed by atoms with E-state index in [1.807, 2.05) is 48.5 Å². The van der Waals surface area contributed by atoms with E-state index in [4.69, 9.17) is 11.6 Å². The summed E-state index contributed by atoms with van der Waals surface area (Å²) in [6, 6.07) is 15.6. The average Bonchev–Trinajstić information content (AvgIpc) is 2.45. The summed E-state index contributed by atoms with van der Waals surface area (Å²) in [6.07, 6.45) is 2.16. The lowest BCUT2D eigenvalue weighted by Crippen LogP contribution is -2.26. The first-order chi connectivity index (χ1) is 10.1. The number of carbonyl (C=O) groups is 1. The minimum atomic E-state index is 0.0484. The van der Waals surface area contributed by atoms with Gasteiger partial charge in [-0.1, -0.05) is 57.9 Å². The minimum Gasteiger partial charge on any atom is -0.356 e. The van der Waals surface area contributed by atoms with Crippen molar-refractivity contribution in [2.75, 3.05) is 6.54 Å². The molecule has 0 atom stereocenters. The fourth-order valence-electron chi connectivity index (χ4n) is 2.10. The van der Waals surface area contributed by atoms with Crippen molar-refractivity contribution in [2.24, 2.45) is 0 Å². The summed E-state index contributed by atoms with van der Waals surface area (Å²) in [4.78, 5) is 11.8. The number of carbonyl (C=O) groups excluding carboxylic acids is 1. The van der Waals surface area contributed by atoms with Crippen LogP contribution in [0, 0.1) is 0 Å². The van der Waals surface area contributed by atoms with Crippen molar-refractivity contribution in [3.8, 4) is 0 Å². The lowest BCUT2D eigenvalue weighted by Gasteiger charge is -2.07. The normalized spacial score (nSPS) is 10.4. The maximum Gasteiger partial charge on any atom is 0.224 e. The molecule has 0 unspecified atom stereocenters. The molecule has 1 N–H and O–H groups in total. The van der Waals surface area contributed by atoms with Crippen molar-refractivity contribution < 1.29 is 4.79 Å². The molecule has 0 aliphatic carbocycles. The number of aryl methyl sites for hydroxylation is 1. The van der Waals surface area contributed by atoms with E-state index in [0.29, 0.717) is 13.0 Å².